The number of ether oxygens (including phenoxy) is 1. The molecule has 1 saturated carbocycles. The topological polar surface area (TPSA) is 74.5 Å². The second-order valence-corrected chi connectivity index (χ2v) is 6.33. The van der Waals surface area contributed by atoms with Crippen LogP contribution in [0, 0.1) is 11.3 Å². The van der Waals surface area contributed by atoms with Crippen molar-refractivity contribution >= 4 is 11.8 Å². The fraction of sp³-hybridized carbons (Fsp3) is 0.381. The van der Waals surface area contributed by atoms with Crippen molar-refractivity contribution in [3.05, 3.63) is 59.7 Å². The molecule has 5 nitrogen and oxygen atoms in total. The summed E-state index contributed by atoms with van der Waals surface area (Å²) in [6, 6.07) is 9.56. The Balaban J connectivity index is 1.84. The molecule has 0 unspecified atom stereocenters. The van der Waals surface area contributed by atoms with E-state index in [1.807, 2.05) is 12.1 Å². The number of aliphatic imine (C=N–C) groups is 1. The van der Waals surface area contributed by atoms with Crippen LogP contribution in [0.3, 0.4) is 0 Å². The van der Waals surface area contributed by atoms with Gasteiger partial charge in [-0.25, -0.2) is 0 Å². The second-order valence-electron chi connectivity index (χ2n) is 6.33. The quantitative estimate of drug-likeness (QED) is 0.368. The molecule has 0 bridgehead atoms. The third-order valence-electron chi connectivity index (χ3n) is 4.32. The predicted octanol–water partition coefficient (Wildman–Crippen LogP) is 3.66. The van der Waals surface area contributed by atoms with E-state index in [-0.39, 0.29) is 11.9 Å². The Kier molecular flexibility index (Phi) is 7.63. The van der Waals surface area contributed by atoms with Gasteiger partial charge in [0.25, 0.3) is 5.91 Å². The van der Waals surface area contributed by atoms with Crippen LogP contribution in [0.2, 0.25) is 0 Å². The van der Waals surface area contributed by atoms with Crippen molar-refractivity contribution in [3.63, 3.8) is 0 Å². The van der Waals surface area contributed by atoms with Crippen LogP contribution in [0.5, 0.6) is 0 Å². The highest BCUT2D eigenvalue weighted by molar-refractivity contribution is 5.98. The maximum Gasteiger partial charge on any atom is 0.250 e. The minimum Gasteiger partial charge on any atom is -0.473 e. The van der Waals surface area contributed by atoms with Crippen LogP contribution in [0.25, 0.3) is 0 Å². The number of amides is 1. The number of carbonyl (C=O) groups is 1. The lowest BCUT2D eigenvalue weighted by atomic mass is 9.95. The van der Waals surface area contributed by atoms with Gasteiger partial charge < -0.3 is 10.1 Å². The Morgan fingerprint density at radius 2 is 2.15 bits per heavy atom. The third-order valence-corrected chi connectivity index (χ3v) is 4.32. The van der Waals surface area contributed by atoms with Crippen molar-refractivity contribution in [2.75, 3.05) is 7.05 Å². The van der Waals surface area contributed by atoms with Gasteiger partial charge >= 0.3 is 0 Å². The van der Waals surface area contributed by atoms with E-state index < -0.39 is 0 Å². The number of nitrogens with one attached hydrogen (secondary N) is 1. The van der Waals surface area contributed by atoms with Crippen molar-refractivity contribution in [2.45, 2.75) is 44.8 Å². The van der Waals surface area contributed by atoms with Crippen molar-refractivity contribution in [1.29, 1.82) is 5.26 Å². The summed E-state index contributed by atoms with van der Waals surface area (Å²) >= 11 is 0. The second kappa shape index (κ2) is 10.2. The van der Waals surface area contributed by atoms with Crippen LogP contribution in [0.1, 0.15) is 43.2 Å². The van der Waals surface area contributed by atoms with Crippen molar-refractivity contribution in [3.8, 4) is 6.07 Å². The summed E-state index contributed by atoms with van der Waals surface area (Å²) in [4.78, 5) is 16.3. The summed E-state index contributed by atoms with van der Waals surface area (Å²) in [5.74, 6) is 0.254. The molecule has 1 fully saturated rings. The first-order valence-electron chi connectivity index (χ1n) is 8.89. The van der Waals surface area contributed by atoms with Crippen molar-refractivity contribution in [1.82, 2.24) is 5.32 Å². The molecule has 1 aromatic carbocycles. The van der Waals surface area contributed by atoms with E-state index in [1.165, 1.54) is 19.3 Å². The zero-order valence-corrected chi connectivity index (χ0v) is 15.2. The highest BCUT2D eigenvalue weighted by atomic mass is 16.5. The highest BCUT2D eigenvalue weighted by Gasteiger charge is 2.16. The molecule has 26 heavy (non-hydrogen) atoms. The minimum atomic E-state index is -0.148. The van der Waals surface area contributed by atoms with Crippen LogP contribution >= 0.6 is 0 Å². The first kappa shape index (κ1) is 19.5. The van der Waals surface area contributed by atoms with E-state index in [9.17, 15) is 4.79 Å². The normalized spacial score (nSPS) is 15.5. The molecule has 1 amide bonds. The van der Waals surface area contributed by atoms with E-state index in [2.05, 4.69) is 23.0 Å². The largest absolute Gasteiger partial charge is 0.473 e. The monoisotopic (exact) mass is 351 g/mol. The molecule has 1 aliphatic rings. The number of hydrogen-bond acceptors (Lipinski definition) is 4. The zero-order chi connectivity index (χ0) is 18.8. The summed E-state index contributed by atoms with van der Waals surface area (Å²) in [5, 5.41) is 12.0. The van der Waals surface area contributed by atoms with Gasteiger partial charge in [0.05, 0.1) is 11.6 Å². The van der Waals surface area contributed by atoms with Crippen LogP contribution in [0.4, 0.5) is 0 Å². The Morgan fingerprint density at radius 1 is 1.38 bits per heavy atom. The van der Waals surface area contributed by atoms with E-state index in [4.69, 9.17) is 10.00 Å². The summed E-state index contributed by atoms with van der Waals surface area (Å²) in [5.41, 5.74) is 1.85. The molecule has 1 N–H and O–H groups in total. The highest BCUT2D eigenvalue weighted by Crippen LogP contribution is 2.17. The number of benzene rings is 1. The molecule has 0 atom stereocenters. The lowest BCUT2D eigenvalue weighted by Gasteiger charge is -2.22. The Morgan fingerprint density at radius 3 is 2.85 bits per heavy atom. The molecule has 136 valence electrons. The van der Waals surface area contributed by atoms with Gasteiger partial charge in [0, 0.05) is 24.7 Å². The van der Waals surface area contributed by atoms with Crippen LogP contribution in [0.15, 0.2) is 53.6 Å². The lowest BCUT2D eigenvalue weighted by molar-refractivity contribution is -0.118. The SMILES string of the molecule is C=C(/C=C\C(=NC)OCc1cccc(C#N)c1)C(=O)NC1CCCCC1. The Hall–Kier alpha value is -2.87. The standard InChI is InChI=1S/C21H25N3O2/c1-16(21(25)24-19-9-4-3-5-10-19)11-12-20(23-2)26-15-18-8-6-7-17(13-18)14-22/h6-8,11-13,19H,1,3-5,9-10,15H2,2H3,(H,24,25)/b12-11-,23-20?. The zero-order valence-electron chi connectivity index (χ0n) is 15.2. The maximum absolute atomic E-state index is 12.2. The fourth-order valence-electron chi connectivity index (χ4n) is 2.85. The number of hydrogen-bond donors (Lipinski definition) is 1. The first-order valence-corrected chi connectivity index (χ1v) is 8.89. The molecular formula is C21H25N3O2. The van der Waals surface area contributed by atoms with Gasteiger partial charge in [0.2, 0.25) is 5.90 Å². The molecule has 0 aliphatic heterocycles. The van der Waals surface area contributed by atoms with Gasteiger partial charge in [0.15, 0.2) is 0 Å². The van der Waals surface area contributed by atoms with Gasteiger partial charge in [-0.2, -0.15) is 5.26 Å². The summed E-state index contributed by atoms with van der Waals surface area (Å²) in [6.07, 6.45) is 8.91. The number of carbonyl (C=O) groups excluding carboxylic acids is 1. The van der Waals surface area contributed by atoms with Crippen LogP contribution in [-0.2, 0) is 16.1 Å². The number of rotatable bonds is 6. The average Bonchev–Trinajstić information content (AvgIpc) is 2.68. The van der Waals surface area contributed by atoms with E-state index in [0.717, 1.165) is 18.4 Å². The van der Waals surface area contributed by atoms with Crippen LogP contribution in [-0.4, -0.2) is 24.9 Å². The van der Waals surface area contributed by atoms with Crippen LogP contribution < -0.4 is 5.32 Å². The maximum atomic E-state index is 12.2. The average molecular weight is 351 g/mol. The minimum absolute atomic E-state index is 0.148. The van der Waals surface area contributed by atoms with E-state index >= 15 is 0 Å². The van der Waals surface area contributed by atoms with Gasteiger partial charge in [-0.05, 0) is 36.6 Å². The van der Waals surface area contributed by atoms with E-state index in [0.29, 0.717) is 23.6 Å². The lowest BCUT2D eigenvalue weighted by Crippen LogP contribution is -2.36. The molecule has 0 spiro atoms. The molecule has 1 aromatic rings. The molecule has 0 saturated heterocycles. The molecular weight excluding hydrogens is 326 g/mol. The predicted molar refractivity (Wildman–Crippen MR) is 103 cm³/mol. The van der Waals surface area contributed by atoms with Gasteiger partial charge in [-0.3, -0.25) is 9.79 Å². The molecule has 0 heterocycles. The number of nitrogens with zero attached hydrogens (tertiary/aromatic N) is 2. The van der Waals surface area contributed by atoms with Gasteiger partial charge in [-0.15, -0.1) is 0 Å². The summed E-state index contributed by atoms with van der Waals surface area (Å²) < 4.78 is 5.64. The van der Waals surface area contributed by atoms with E-state index in [1.54, 1.807) is 31.3 Å². The third kappa shape index (κ3) is 6.21. The smallest absolute Gasteiger partial charge is 0.250 e. The van der Waals surface area contributed by atoms with Gasteiger partial charge in [-0.1, -0.05) is 38.0 Å². The summed E-state index contributed by atoms with van der Waals surface area (Å²) in [6.45, 7) is 4.12. The van der Waals surface area contributed by atoms with Crippen molar-refractivity contribution in [2.24, 2.45) is 4.99 Å². The Bertz CT molecular complexity index is 738. The fourth-order valence-corrected chi connectivity index (χ4v) is 2.85. The summed E-state index contributed by atoms with van der Waals surface area (Å²) in [7, 11) is 1.62. The molecule has 0 aromatic heterocycles. The molecule has 2 rings (SSSR count). The first-order chi connectivity index (χ1) is 12.6. The molecule has 5 heteroatoms. The molecule has 1 aliphatic carbocycles. The van der Waals surface area contributed by atoms with Gasteiger partial charge in [0.1, 0.15) is 6.61 Å². The Labute approximate surface area is 155 Å². The molecule has 0 radical (unpaired) electrons. The van der Waals surface area contributed by atoms with Crippen molar-refractivity contribution < 1.29 is 9.53 Å². The number of nitriles is 1.